The van der Waals surface area contributed by atoms with Crippen LogP contribution < -0.4 is 20.5 Å². The maximum Gasteiger partial charge on any atom is 0.416 e. The number of carbonyl (C=O) groups excluding carboxylic acids is 2. The largest absolute Gasteiger partial charge is 0.545 e. The number of alkyl halides is 9. The molecule has 0 saturated heterocycles. The topological polar surface area (TPSA) is 111 Å². The van der Waals surface area contributed by atoms with E-state index in [1.54, 1.807) is 5.32 Å². The summed E-state index contributed by atoms with van der Waals surface area (Å²) >= 11 is 0. The second-order valence-electron chi connectivity index (χ2n) is 13.1. The molecule has 0 bridgehead atoms. The molecular formula is C41H34F9N2O5-. The molecule has 0 aliphatic rings. The van der Waals surface area contributed by atoms with E-state index < -0.39 is 81.4 Å². The van der Waals surface area contributed by atoms with E-state index >= 15 is 0 Å². The second kappa shape index (κ2) is 17.4. The van der Waals surface area contributed by atoms with Gasteiger partial charge in [0, 0.05) is 11.3 Å². The van der Waals surface area contributed by atoms with E-state index in [0.717, 1.165) is 17.2 Å². The highest BCUT2D eigenvalue weighted by atomic mass is 19.4. The molecule has 0 atom stereocenters. The zero-order valence-electron chi connectivity index (χ0n) is 30.2. The lowest BCUT2D eigenvalue weighted by Gasteiger charge is -2.25. The lowest BCUT2D eigenvalue weighted by molar-refractivity contribution is -0.255. The Kier molecular flexibility index (Phi) is 13.3. The maximum atomic E-state index is 13.4. The van der Waals surface area contributed by atoms with E-state index in [1.165, 1.54) is 18.2 Å². The molecule has 5 aromatic rings. The summed E-state index contributed by atoms with van der Waals surface area (Å²) in [5.41, 5.74) is -5.03. The van der Waals surface area contributed by atoms with Gasteiger partial charge in [-0.05, 0) is 77.1 Å². The van der Waals surface area contributed by atoms with E-state index in [0.29, 0.717) is 24.1 Å². The lowest BCUT2D eigenvalue weighted by atomic mass is 9.81. The Morgan fingerprint density at radius 2 is 1.11 bits per heavy atom. The average Bonchev–Trinajstić information content (AvgIpc) is 3.15. The van der Waals surface area contributed by atoms with Gasteiger partial charge < -0.3 is 30.4 Å². The van der Waals surface area contributed by atoms with Gasteiger partial charge in [-0.25, -0.2) is 4.79 Å². The summed E-state index contributed by atoms with van der Waals surface area (Å²) in [7, 11) is 0. The van der Waals surface area contributed by atoms with Crippen LogP contribution in [0.4, 0.5) is 55.7 Å². The van der Waals surface area contributed by atoms with Gasteiger partial charge in [-0.15, -0.1) is 0 Å². The highest BCUT2D eigenvalue weighted by Crippen LogP contribution is 2.40. The molecule has 5 rings (SSSR count). The smallest absolute Gasteiger partial charge is 0.416 e. The number of ether oxygens (including phenoxy) is 1. The van der Waals surface area contributed by atoms with Crippen molar-refractivity contribution in [2.45, 2.75) is 57.2 Å². The number of aliphatic hydroxyl groups is 1. The Morgan fingerprint density at radius 3 is 1.56 bits per heavy atom. The fourth-order valence-electron chi connectivity index (χ4n) is 5.19. The number of hydrogen-bond donors (Lipinski definition) is 3. The number of anilines is 2. The molecule has 0 aromatic heterocycles. The third kappa shape index (κ3) is 11.7. The van der Waals surface area contributed by atoms with Gasteiger partial charge in [-0.3, -0.25) is 0 Å². The number of aromatic carboxylic acids is 1. The summed E-state index contributed by atoms with van der Waals surface area (Å²) in [6.07, 6.45) is -15.3. The van der Waals surface area contributed by atoms with E-state index in [-0.39, 0.29) is 23.9 Å². The monoisotopic (exact) mass is 805 g/mol. The van der Waals surface area contributed by atoms with Crippen LogP contribution in [0.5, 0.6) is 11.5 Å². The third-order valence-electron chi connectivity index (χ3n) is 8.72. The second-order valence-corrected chi connectivity index (χ2v) is 13.1. The number of nitrogens with one attached hydrogen (secondary N) is 2. The van der Waals surface area contributed by atoms with Gasteiger partial charge in [0.2, 0.25) is 0 Å². The van der Waals surface area contributed by atoms with Crippen LogP contribution in [0.3, 0.4) is 0 Å². The van der Waals surface area contributed by atoms with Gasteiger partial charge in [0.1, 0.15) is 11.9 Å². The maximum absolute atomic E-state index is 13.4. The van der Waals surface area contributed by atoms with Gasteiger partial charge in [0.25, 0.3) is 0 Å². The molecule has 5 aromatic carbocycles. The Morgan fingerprint density at radius 1 is 0.632 bits per heavy atom. The van der Waals surface area contributed by atoms with Gasteiger partial charge in [0.05, 0.1) is 28.3 Å². The van der Waals surface area contributed by atoms with Crippen LogP contribution >= 0.6 is 0 Å². The molecule has 57 heavy (non-hydrogen) atoms. The summed E-state index contributed by atoms with van der Waals surface area (Å²) in [6.45, 7) is 5.53. The van der Waals surface area contributed by atoms with Crippen molar-refractivity contribution in [2.24, 2.45) is 0 Å². The summed E-state index contributed by atoms with van der Waals surface area (Å²) in [6, 6.07) is 23.7. The van der Waals surface area contributed by atoms with E-state index in [9.17, 15) is 59.3 Å². The minimum atomic E-state index is -5.23. The molecule has 0 aliphatic carbocycles. The molecular weight excluding hydrogens is 771 g/mol. The van der Waals surface area contributed by atoms with E-state index in [1.807, 2.05) is 86.8 Å². The first-order valence-electron chi connectivity index (χ1n) is 16.9. The quantitative estimate of drug-likeness (QED) is 0.129. The van der Waals surface area contributed by atoms with Crippen molar-refractivity contribution < 1.29 is 64.1 Å². The average molecular weight is 806 g/mol. The van der Waals surface area contributed by atoms with Crippen molar-refractivity contribution in [3.05, 3.63) is 154 Å². The SMILES string of the molecule is CCC(C)(C)c1ccc(Oc2ccc(C(F)(F)F)cc2NC(=O)Nc2cc(C(F)(F)F)cc(C(F)(F)F)c2)c(C(=O)[O-])c1.OC(c1ccccc1)c1ccccc1. The van der Waals surface area contributed by atoms with Crippen molar-refractivity contribution in [3.63, 3.8) is 0 Å². The third-order valence-corrected chi connectivity index (χ3v) is 8.72. The molecule has 0 radical (unpaired) electrons. The highest BCUT2D eigenvalue weighted by molar-refractivity contribution is 6.01. The fraction of sp³-hybridized carbons (Fsp3) is 0.220. The van der Waals surface area contributed by atoms with Gasteiger partial charge in [-0.1, -0.05) is 87.5 Å². The first-order valence-corrected chi connectivity index (χ1v) is 16.9. The molecule has 0 spiro atoms. The lowest BCUT2D eigenvalue weighted by Crippen LogP contribution is -2.24. The molecule has 3 N–H and O–H groups in total. The van der Waals surface area contributed by atoms with Crippen LogP contribution in [0.25, 0.3) is 0 Å². The molecule has 16 heteroatoms. The van der Waals surface area contributed by atoms with E-state index in [4.69, 9.17) is 4.74 Å². The van der Waals surface area contributed by atoms with Crippen molar-refractivity contribution >= 4 is 23.4 Å². The minimum absolute atomic E-state index is 0.177. The number of benzene rings is 5. The summed E-state index contributed by atoms with van der Waals surface area (Å²) < 4.78 is 125. The zero-order valence-corrected chi connectivity index (χ0v) is 30.2. The Bertz CT molecular complexity index is 2100. The van der Waals surface area contributed by atoms with E-state index in [2.05, 4.69) is 0 Å². The fourth-order valence-corrected chi connectivity index (χ4v) is 5.19. The molecule has 0 heterocycles. The number of urea groups is 1. The number of hydrogen-bond acceptors (Lipinski definition) is 5. The molecule has 0 aliphatic heterocycles. The van der Waals surface area contributed by atoms with Crippen LogP contribution in [-0.2, 0) is 23.9 Å². The van der Waals surface area contributed by atoms with Gasteiger partial charge >= 0.3 is 24.6 Å². The molecule has 0 saturated carbocycles. The van der Waals surface area contributed by atoms with Crippen molar-refractivity contribution in [1.29, 1.82) is 0 Å². The number of halogens is 9. The van der Waals surface area contributed by atoms with Crippen molar-refractivity contribution in [3.8, 4) is 11.5 Å². The number of carboxylic acid groups (broad SMARTS) is 1. The first-order chi connectivity index (χ1) is 26.5. The minimum Gasteiger partial charge on any atom is -0.545 e. The highest BCUT2D eigenvalue weighted by Gasteiger charge is 2.37. The number of carboxylic acids is 1. The number of rotatable bonds is 9. The molecule has 0 fully saturated rings. The standard InChI is InChI=1S/C28H23F9N2O4.C13H12O/c1-4-25(2,3)14-5-7-21(19(12-14)23(40)41)43-22-8-6-15(26(29,30)31)13-20(22)39-24(42)38-18-10-16(27(32,33)34)9-17(11-18)28(35,36)37;14-13(11-7-3-1-4-8-11)12-9-5-2-6-10-12/h5-13H,4H2,1-3H3,(H,40,41)(H2,38,39,42);1-10,13-14H/p-1. The predicted octanol–water partition coefficient (Wildman–Crippen LogP) is 11.0. The van der Waals surface area contributed by atoms with Crippen LogP contribution in [0.1, 0.15) is 77.0 Å². The Balaban J connectivity index is 0.000000428. The van der Waals surface area contributed by atoms with Gasteiger partial charge in [-0.2, -0.15) is 39.5 Å². The summed E-state index contributed by atoms with van der Waals surface area (Å²) in [4.78, 5) is 24.5. The normalized spacial score (nSPS) is 12.0. The molecule has 0 unspecified atom stereocenters. The number of carbonyl (C=O) groups is 2. The molecule has 302 valence electrons. The summed E-state index contributed by atoms with van der Waals surface area (Å²) in [5, 5.41) is 25.5. The Hall–Kier alpha value is -6.03. The van der Waals surface area contributed by atoms with Crippen molar-refractivity contribution in [1.82, 2.24) is 0 Å². The van der Waals surface area contributed by atoms with Gasteiger partial charge in [0.15, 0.2) is 5.75 Å². The van der Waals surface area contributed by atoms with Crippen molar-refractivity contribution in [2.75, 3.05) is 10.6 Å². The van der Waals surface area contributed by atoms with Crippen LogP contribution in [0, 0.1) is 0 Å². The predicted molar refractivity (Wildman–Crippen MR) is 192 cm³/mol. The Labute approximate surface area is 320 Å². The summed E-state index contributed by atoms with van der Waals surface area (Å²) in [5.74, 6) is -2.60. The zero-order chi connectivity index (χ0) is 42.3. The molecule has 2 amide bonds. The number of aliphatic hydroxyl groups excluding tert-OH is 1. The van der Waals surface area contributed by atoms with Crippen LogP contribution in [0.2, 0.25) is 0 Å². The van der Waals surface area contributed by atoms with Crippen LogP contribution in [0.15, 0.2) is 115 Å². The molecule has 7 nitrogen and oxygen atoms in total. The first kappa shape index (κ1) is 43.7. The van der Waals surface area contributed by atoms with Crippen LogP contribution in [-0.4, -0.2) is 17.1 Å². The number of amides is 2.